The van der Waals surface area contributed by atoms with E-state index in [0.717, 1.165) is 0 Å². The fourth-order valence-corrected chi connectivity index (χ4v) is 2.04. The number of ether oxygens (including phenoxy) is 2. The molecule has 1 aromatic carbocycles. The number of oxime groups is 1. The first-order valence-corrected chi connectivity index (χ1v) is 6.12. The average molecular weight is 364 g/mol. The third kappa shape index (κ3) is 4.06. The Morgan fingerprint density at radius 1 is 1.56 bits per heavy atom. The van der Waals surface area contributed by atoms with Crippen LogP contribution in [0.1, 0.15) is 12.5 Å². The molecule has 0 atom stereocenters. The van der Waals surface area contributed by atoms with Crippen LogP contribution in [0.3, 0.4) is 0 Å². The Labute approximate surface area is 117 Å². The molecule has 1 rings (SSSR count). The molecule has 0 unspecified atom stereocenters. The lowest BCUT2D eigenvalue weighted by Crippen LogP contribution is -2.29. The molecule has 0 radical (unpaired) electrons. The van der Waals surface area contributed by atoms with Crippen molar-refractivity contribution >= 4 is 34.8 Å². The van der Waals surface area contributed by atoms with Crippen LogP contribution in [0.2, 0.25) is 0 Å². The predicted octanol–water partition coefficient (Wildman–Crippen LogP) is 0.627. The molecule has 0 aliphatic rings. The van der Waals surface area contributed by atoms with Gasteiger partial charge in [0.25, 0.3) is 0 Å². The number of rotatable bonds is 6. The molecule has 0 fully saturated rings. The van der Waals surface area contributed by atoms with Crippen LogP contribution < -0.4 is 14.6 Å². The van der Waals surface area contributed by atoms with E-state index in [9.17, 15) is 9.90 Å². The molecule has 7 heteroatoms. The highest BCUT2D eigenvalue weighted by Gasteiger charge is 2.11. The Kier molecular flexibility index (Phi) is 5.69. The lowest BCUT2D eigenvalue weighted by Gasteiger charge is -2.14. The van der Waals surface area contributed by atoms with Gasteiger partial charge < -0.3 is 24.6 Å². The van der Waals surface area contributed by atoms with Gasteiger partial charge in [-0.05, 0) is 41.6 Å². The van der Waals surface area contributed by atoms with Crippen molar-refractivity contribution in [1.82, 2.24) is 0 Å². The molecule has 0 spiro atoms. The van der Waals surface area contributed by atoms with Crippen LogP contribution in [0.25, 0.3) is 0 Å². The van der Waals surface area contributed by atoms with Crippen LogP contribution in [-0.4, -0.2) is 30.6 Å². The van der Waals surface area contributed by atoms with Gasteiger partial charge in [0.05, 0.1) is 22.4 Å². The van der Waals surface area contributed by atoms with Crippen LogP contribution >= 0.6 is 22.6 Å². The lowest BCUT2D eigenvalue weighted by molar-refractivity contribution is -0.307. The number of hydrogen-bond acceptors (Lipinski definition) is 6. The molecule has 0 amide bonds. The maximum atomic E-state index is 10.4. The highest BCUT2D eigenvalue weighted by Crippen LogP contribution is 2.33. The highest BCUT2D eigenvalue weighted by molar-refractivity contribution is 14.1. The number of carboxylic acid groups (broad SMARTS) is 1. The monoisotopic (exact) mass is 364 g/mol. The summed E-state index contributed by atoms with van der Waals surface area (Å²) in [6.45, 7) is 1.64. The second-order valence-corrected chi connectivity index (χ2v) is 4.33. The van der Waals surface area contributed by atoms with Gasteiger partial charge >= 0.3 is 0 Å². The minimum absolute atomic E-state index is 0.330. The number of hydrogen-bond donors (Lipinski definition) is 1. The minimum atomic E-state index is -1.31. The van der Waals surface area contributed by atoms with E-state index in [2.05, 4.69) is 5.16 Å². The topological polar surface area (TPSA) is 91.2 Å². The van der Waals surface area contributed by atoms with E-state index >= 15 is 0 Å². The summed E-state index contributed by atoms with van der Waals surface area (Å²) < 4.78 is 11.1. The number of carboxylic acids is 1. The van der Waals surface area contributed by atoms with E-state index < -0.39 is 12.6 Å². The fraction of sp³-hybridized carbons (Fsp3) is 0.273. The van der Waals surface area contributed by atoms with Gasteiger partial charge in [0.15, 0.2) is 11.5 Å². The minimum Gasteiger partial charge on any atom is -0.546 e. The zero-order chi connectivity index (χ0) is 13.5. The predicted molar refractivity (Wildman–Crippen MR) is 70.2 cm³/mol. The Bertz CT molecular complexity index is 461. The lowest BCUT2D eigenvalue weighted by atomic mass is 10.2. The summed E-state index contributed by atoms with van der Waals surface area (Å²) in [7, 11) is 0. The number of aliphatic carboxylic acids is 1. The second kappa shape index (κ2) is 7.04. The summed E-state index contributed by atoms with van der Waals surface area (Å²) in [5, 5.41) is 21.8. The number of benzene rings is 1. The molecule has 1 aromatic rings. The van der Waals surface area contributed by atoms with E-state index in [1.807, 2.05) is 22.6 Å². The van der Waals surface area contributed by atoms with Crippen molar-refractivity contribution in [2.45, 2.75) is 6.92 Å². The molecule has 0 aliphatic heterocycles. The van der Waals surface area contributed by atoms with E-state index in [1.54, 1.807) is 19.1 Å². The molecule has 0 bridgehead atoms. The quantitative estimate of drug-likeness (QED) is 0.346. The number of carbonyl (C=O) groups is 1. The van der Waals surface area contributed by atoms with Crippen LogP contribution in [0.4, 0.5) is 0 Å². The Hall–Kier alpha value is -1.51. The van der Waals surface area contributed by atoms with Crippen molar-refractivity contribution in [3.05, 3.63) is 21.3 Å². The van der Waals surface area contributed by atoms with Crippen LogP contribution in [0.15, 0.2) is 17.3 Å². The van der Waals surface area contributed by atoms with Crippen molar-refractivity contribution in [3.8, 4) is 11.5 Å². The van der Waals surface area contributed by atoms with Crippen LogP contribution in [0, 0.1) is 3.57 Å². The SMILES string of the molecule is CCOc1cc(/C=N\O)cc(I)c1OCC(=O)[O-]. The molecule has 98 valence electrons. The number of carbonyl (C=O) groups excluding carboxylic acids is 1. The van der Waals surface area contributed by atoms with Gasteiger partial charge in [-0.3, -0.25) is 0 Å². The average Bonchev–Trinajstić information content (AvgIpc) is 2.28. The smallest absolute Gasteiger partial charge is 0.175 e. The maximum Gasteiger partial charge on any atom is 0.175 e. The van der Waals surface area contributed by atoms with Gasteiger partial charge in [0.1, 0.15) is 6.61 Å². The van der Waals surface area contributed by atoms with Gasteiger partial charge in [-0.1, -0.05) is 5.16 Å². The largest absolute Gasteiger partial charge is 0.546 e. The first-order valence-electron chi connectivity index (χ1n) is 5.05. The van der Waals surface area contributed by atoms with Crippen molar-refractivity contribution in [3.63, 3.8) is 0 Å². The van der Waals surface area contributed by atoms with Gasteiger partial charge in [0, 0.05) is 5.56 Å². The fourth-order valence-electron chi connectivity index (χ4n) is 1.26. The molecular formula is C11H11INO5-. The van der Waals surface area contributed by atoms with Gasteiger partial charge in [-0.2, -0.15) is 0 Å². The van der Waals surface area contributed by atoms with Gasteiger partial charge in [-0.25, -0.2) is 0 Å². The summed E-state index contributed by atoms with van der Waals surface area (Å²) in [6, 6.07) is 3.27. The highest BCUT2D eigenvalue weighted by atomic mass is 127. The second-order valence-electron chi connectivity index (χ2n) is 3.17. The summed E-state index contributed by atoms with van der Waals surface area (Å²) in [6.07, 6.45) is 1.24. The summed E-state index contributed by atoms with van der Waals surface area (Å²) in [5.74, 6) is -0.591. The molecule has 1 N–H and O–H groups in total. The summed E-state index contributed by atoms with van der Waals surface area (Å²) >= 11 is 1.98. The molecule has 0 aromatic heterocycles. The molecule has 6 nitrogen and oxygen atoms in total. The molecule has 0 saturated heterocycles. The number of halogens is 1. The van der Waals surface area contributed by atoms with Crippen LogP contribution in [-0.2, 0) is 4.79 Å². The molecule has 0 saturated carbocycles. The van der Waals surface area contributed by atoms with E-state index in [1.165, 1.54) is 6.21 Å². The summed E-state index contributed by atoms with van der Waals surface area (Å²) in [5.41, 5.74) is 0.617. The van der Waals surface area contributed by atoms with Gasteiger partial charge in [-0.15, -0.1) is 0 Å². The van der Waals surface area contributed by atoms with Crippen molar-refractivity contribution in [1.29, 1.82) is 0 Å². The third-order valence-corrected chi connectivity index (χ3v) is 2.67. The van der Waals surface area contributed by atoms with Crippen molar-refractivity contribution < 1.29 is 24.6 Å². The zero-order valence-corrected chi connectivity index (χ0v) is 11.7. The zero-order valence-electron chi connectivity index (χ0n) is 9.55. The van der Waals surface area contributed by atoms with Crippen molar-refractivity contribution in [2.24, 2.45) is 5.16 Å². The van der Waals surface area contributed by atoms with E-state index in [-0.39, 0.29) is 0 Å². The maximum absolute atomic E-state index is 10.4. The van der Waals surface area contributed by atoms with Crippen LogP contribution in [0.5, 0.6) is 11.5 Å². The number of nitrogens with zero attached hydrogens (tertiary/aromatic N) is 1. The molecule has 0 heterocycles. The van der Waals surface area contributed by atoms with E-state index in [0.29, 0.717) is 27.2 Å². The molecule has 18 heavy (non-hydrogen) atoms. The Morgan fingerprint density at radius 2 is 2.28 bits per heavy atom. The first kappa shape index (κ1) is 14.6. The molecular weight excluding hydrogens is 353 g/mol. The normalized spacial score (nSPS) is 10.6. The first-order chi connectivity index (χ1) is 8.58. The Morgan fingerprint density at radius 3 is 2.83 bits per heavy atom. The summed E-state index contributed by atoms with van der Waals surface area (Å²) in [4.78, 5) is 10.4. The van der Waals surface area contributed by atoms with Gasteiger partial charge in [0.2, 0.25) is 0 Å². The van der Waals surface area contributed by atoms with Crippen molar-refractivity contribution in [2.75, 3.05) is 13.2 Å². The van der Waals surface area contributed by atoms with E-state index in [4.69, 9.17) is 14.7 Å². The molecule has 0 aliphatic carbocycles. The Balaban J connectivity index is 3.09. The third-order valence-electron chi connectivity index (χ3n) is 1.87. The standard InChI is InChI=1S/C11H12INO5/c1-2-17-9-4-7(5-13-16)3-8(12)11(9)18-6-10(14)15/h3-5,16H,2,6H2,1H3,(H,14,15)/p-1/b13-5-.